The van der Waals surface area contributed by atoms with Crippen molar-refractivity contribution in [1.29, 1.82) is 0 Å². The van der Waals surface area contributed by atoms with Gasteiger partial charge in [0.15, 0.2) is 0 Å². The van der Waals surface area contributed by atoms with Gasteiger partial charge in [0.25, 0.3) is 0 Å². The molecule has 1 amide bonds. The molecule has 1 N–H and O–H groups in total. The molecule has 1 saturated heterocycles. The Kier molecular flexibility index (Phi) is 4.29. The molecule has 1 saturated carbocycles. The molecule has 3 atom stereocenters. The second-order valence-corrected chi connectivity index (χ2v) is 5.95. The van der Waals surface area contributed by atoms with E-state index in [0.29, 0.717) is 18.5 Å². The van der Waals surface area contributed by atoms with Crippen molar-refractivity contribution in [2.24, 2.45) is 5.92 Å². The molecule has 4 nitrogen and oxygen atoms in total. The minimum atomic E-state index is -2.85. The molecule has 0 radical (unpaired) electrons. The van der Waals surface area contributed by atoms with Crippen molar-refractivity contribution >= 4 is 5.91 Å². The van der Waals surface area contributed by atoms with Gasteiger partial charge in [-0.1, -0.05) is 18.2 Å². The molecule has 2 unspecified atom stereocenters. The number of ether oxygens (including phenoxy) is 1. The predicted molar refractivity (Wildman–Crippen MR) is 78.0 cm³/mol. The van der Waals surface area contributed by atoms with Crippen LogP contribution in [-0.4, -0.2) is 43.1 Å². The third kappa shape index (κ3) is 3.06. The third-order valence-corrected chi connectivity index (χ3v) is 4.43. The van der Waals surface area contributed by atoms with Gasteiger partial charge >= 0.3 is 6.61 Å². The number of hydrogen-bond acceptors (Lipinski definition) is 3. The second-order valence-electron chi connectivity index (χ2n) is 5.95. The first-order valence-corrected chi connectivity index (χ1v) is 7.63. The number of carbonyl (C=O) groups is 1. The van der Waals surface area contributed by atoms with E-state index in [1.54, 1.807) is 18.2 Å². The van der Waals surface area contributed by atoms with E-state index in [2.05, 4.69) is 10.1 Å². The van der Waals surface area contributed by atoms with Gasteiger partial charge in [0, 0.05) is 31.6 Å². The molecular weight excluding hydrogens is 290 g/mol. The number of hydrogen-bond donors (Lipinski definition) is 1. The van der Waals surface area contributed by atoms with Crippen LogP contribution in [0, 0.1) is 5.92 Å². The van der Waals surface area contributed by atoms with Crippen LogP contribution < -0.4 is 10.1 Å². The Hall–Kier alpha value is -1.69. The summed E-state index contributed by atoms with van der Waals surface area (Å²) in [5.41, 5.74) is 0.712. The van der Waals surface area contributed by atoms with Gasteiger partial charge in [-0.05, 0) is 30.9 Å². The van der Waals surface area contributed by atoms with Crippen LogP contribution in [0.5, 0.6) is 5.75 Å². The Morgan fingerprint density at radius 3 is 2.91 bits per heavy atom. The van der Waals surface area contributed by atoms with Crippen LogP contribution in [0.3, 0.4) is 0 Å². The minimum absolute atomic E-state index is 0.00969. The first-order valence-electron chi connectivity index (χ1n) is 7.63. The highest BCUT2D eigenvalue weighted by Gasteiger charge is 2.47. The van der Waals surface area contributed by atoms with E-state index in [1.165, 1.54) is 6.07 Å². The zero-order chi connectivity index (χ0) is 15.7. The van der Waals surface area contributed by atoms with Crippen LogP contribution in [0.2, 0.25) is 0 Å². The molecular formula is C16H20F2N2O2. The normalized spacial score (nSPS) is 27.8. The Morgan fingerprint density at radius 1 is 1.41 bits per heavy atom. The van der Waals surface area contributed by atoms with Crippen molar-refractivity contribution in [3.05, 3.63) is 29.8 Å². The van der Waals surface area contributed by atoms with Crippen LogP contribution in [-0.2, 0) is 4.79 Å². The topological polar surface area (TPSA) is 41.6 Å². The van der Waals surface area contributed by atoms with Crippen LogP contribution in [0.15, 0.2) is 24.3 Å². The summed E-state index contributed by atoms with van der Waals surface area (Å²) in [7, 11) is 0. The number of nitrogens with one attached hydrogen (secondary N) is 1. The van der Waals surface area contributed by atoms with Gasteiger partial charge in [-0.2, -0.15) is 8.78 Å². The van der Waals surface area contributed by atoms with Crippen molar-refractivity contribution < 1.29 is 18.3 Å². The van der Waals surface area contributed by atoms with Crippen LogP contribution in [0.1, 0.15) is 24.8 Å². The molecule has 1 aromatic carbocycles. The zero-order valence-corrected chi connectivity index (χ0v) is 12.5. The number of alkyl halides is 2. The van der Waals surface area contributed by atoms with Crippen LogP contribution >= 0.6 is 0 Å². The fraction of sp³-hybridized carbons (Fsp3) is 0.562. The van der Waals surface area contributed by atoms with Gasteiger partial charge in [0.2, 0.25) is 5.91 Å². The number of carbonyl (C=O) groups excluding carboxylic acids is 1. The molecule has 1 aliphatic carbocycles. The fourth-order valence-electron chi connectivity index (χ4n) is 3.18. The molecule has 120 valence electrons. The highest BCUT2D eigenvalue weighted by Crippen LogP contribution is 2.51. The van der Waals surface area contributed by atoms with E-state index >= 15 is 0 Å². The maximum Gasteiger partial charge on any atom is 0.387 e. The molecule has 22 heavy (non-hydrogen) atoms. The molecule has 1 aromatic rings. The Balaban J connectivity index is 1.70. The summed E-state index contributed by atoms with van der Waals surface area (Å²) < 4.78 is 29.5. The molecule has 1 aliphatic heterocycles. The summed E-state index contributed by atoms with van der Waals surface area (Å²) in [6.07, 6.45) is 0.707. The lowest BCUT2D eigenvalue weighted by Gasteiger charge is -2.34. The Bertz CT molecular complexity index is 553. The summed E-state index contributed by atoms with van der Waals surface area (Å²) in [5.74, 6) is 0.199. The number of nitrogens with zero attached hydrogens (tertiary/aromatic N) is 1. The van der Waals surface area contributed by atoms with Crippen LogP contribution in [0.25, 0.3) is 0 Å². The number of halogens is 2. The first kappa shape index (κ1) is 15.2. The van der Waals surface area contributed by atoms with E-state index in [-0.39, 0.29) is 29.5 Å². The Morgan fingerprint density at radius 2 is 2.18 bits per heavy atom. The molecule has 0 aromatic heterocycles. The standard InChI is InChI=1S/C16H20F2N2O2/c1-10-9-19-6-7-20(10)15(21)13-8-12(13)11-4-2-3-5-14(11)22-16(17)18/h2-5,10,12-13,16,19H,6-9H2,1H3/t10-,12?,13?/m0/s1. The number of para-hydroxylation sites is 1. The Labute approximate surface area is 128 Å². The molecule has 2 fully saturated rings. The van der Waals surface area contributed by atoms with Crippen molar-refractivity contribution in [1.82, 2.24) is 10.2 Å². The van der Waals surface area contributed by atoms with E-state index in [0.717, 1.165) is 13.1 Å². The lowest BCUT2D eigenvalue weighted by atomic mass is 10.1. The quantitative estimate of drug-likeness (QED) is 0.927. The fourth-order valence-corrected chi connectivity index (χ4v) is 3.18. The number of rotatable bonds is 4. The van der Waals surface area contributed by atoms with Gasteiger partial charge < -0.3 is 15.0 Å². The average Bonchev–Trinajstić information content (AvgIpc) is 3.27. The minimum Gasteiger partial charge on any atom is -0.435 e. The maximum absolute atomic E-state index is 12.6. The summed E-state index contributed by atoms with van der Waals surface area (Å²) in [6, 6.07) is 6.95. The number of benzene rings is 1. The number of piperazine rings is 1. The van der Waals surface area contributed by atoms with Crippen molar-refractivity contribution in [2.45, 2.75) is 31.9 Å². The largest absolute Gasteiger partial charge is 0.435 e. The summed E-state index contributed by atoms with van der Waals surface area (Å²) >= 11 is 0. The summed E-state index contributed by atoms with van der Waals surface area (Å²) in [5, 5.41) is 3.26. The van der Waals surface area contributed by atoms with Crippen molar-refractivity contribution in [3.8, 4) is 5.75 Å². The van der Waals surface area contributed by atoms with Gasteiger partial charge in [0.1, 0.15) is 5.75 Å². The zero-order valence-electron chi connectivity index (χ0n) is 12.5. The molecule has 0 bridgehead atoms. The smallest absolute Gasteiger partial charge is 0.387 e. The van der Waals surface area contributed by atoms with E-state index in [4.69, 9.17) is 0 Å². The van der Waals surface area contributed by atoms with Gasteiger partial charge in [-0.3, -0.25) is 4.79 Å². The van der Waals surface area contributed by atoms with Crippen LogP contribution in [0.4, 0.5) is 8.78 Å². The van der Waals surface area contributed by atoms with E-state index < -0.39 is 6.61 Å². The van der Waals surface area contributed by atoms with Gasteiger partial charge in [-0.15, -0.1) is 0 Å². The second kappa shape index (κ2) is 6.20. The van der Waals surface area contributed by atoms with E-state index in [1.807, 2.05) is 11.8 Å². The lowest BCUT2D eigenvalue weighted by Crippen LogP contribution is -2.52. The number of amides is 1. The molecule has 6 heteroatoms. The average molecular weight is 310 g/mol. The van der Waals surface area contributed by atoms with Gasteiger partial charge in [-0.25, -0.2) is 0 Å². The molecule has 3 rings (SSSR count). The van der Waals surface area contributed by atoms with E-state index in [9.17, 15) is 13.6 Å². The lowest BCUT2D eigenvalue weighted by molar-refractivity contribution is -0.135. The highest BCUT2D eigenvalue weighted by molar-refractivity contribution is 5.83. The first-order chi connectivity index (χ1) is 10.6. The summed E-state index contributed by atoms with van der Waals surface area (Å²) in [6.45, 7) is 1.49. The third-order valence-electron chi connectivity index (χ3n) is 4.43. The molecule has 0 spiro atoms. The maximum atomic E-state index is 12.6. The van der Waals surface area contributed by atoms with Crippen molar-refractivity contribution in [3.63, 3.8) is 0 Å². The molecule has 1 heterocycles. The van der Waals surface area contributed by atoms with Gasteiger partial charge in [0.05, 0.1) is 0 Å². The predicted octanol–water partition coefficient (Wildman–Crippen LogP) is 2.21. The monoisotopic (exact) mass is 310 g/mol. The summed E-state index contributed by atoms with van der Waals surface area (Å²) in [4.78, 5) is 14.5. The molecule has 2 aliphatic rings. The SMILES string of the molecule is C[C@H]1CNCCN1C(=O)C1CC1c1ccccc1OC(F)F. The van der Waals surface area contributed by atoms with Crippen molar-refractivity contribution in [2.75, 3.05) is 19.6 Å². The highest BCUT2D eigenvalue weighted by atomic mass is 19.3.